The van der Waals surface area contributed by atoms with Crippen molar-refractivity contribution in [3.05, 3.63) is 60.4 Å². The van der Waals surface area contributed by atoms with E-state index in [2.05, 4.69) is 30.0 Å². The van der Waals surface area contributed by atoms with Crippen LogP contribution in [0.1, 0.15) is 17.8 Å². The third kappa shape index (κ3) is 3.33. The first-order valence-electron chi connectivity index (χ1n) is 8.32. The number of hydrogen-bond acceptors (Lipinski definition) is 5. The second-order valence-corrected chi connectivity index (χ2v) is 6.22. The zero-order valence-electron chi connectivity index (χ0n) is 13.5. The van der Waals surface area contributed by atoms with Crippen molar-refractivity contribution in [2.75, 3.05) is 6.54 Å². The average Bonchev–Trinajstić information content (AvgIpc) is 3.11. The van der Waals surface area contributed by atoms with Gasteiger partial charge in [0.2, 0.25) is 0 Å². The summed E-state index contributed by atoms with van der Waals surface area (Å²) in [5.74, 6) is 2.50. The van der Waals surface area contributed by atoms with Gasteiger partial charge < -0.3 is 9.88 Å². The molecule has 1 N–H and O–H groups in total. The highest BCUT2D eigenvalue weighted by atomic mass is 15.3. The van der Waals surface area contributed by atoms with E-state index in [1.165, 1.54) is 0 Å². The van der Waals surface area contributed by atoms with E-state index in [1.54, 1.807) is 0 Å². The minimum Gasteiger partial charge on any atom is -0.317 e. The fourth-order valence-electron chi connectivity index (χ4n) is 3.10. The lowest BCUT2D eigenvalue weighted by Gasteiger charge is -2.23. The van der Waals surface area contributed by atoms with E-state index in [-0.39, 0.29) is 0 Å². The number of nitrogens with zero attached hydrogens (tertiary/aromatic N) is 5. The molecule has 0 saturated carbocycles. The van der Waals surface area contributed by atoms with Crippen LogP contribution in [-0.4, -0.2) is 31.3 Å². The Kier molecular flexibility index (Phi) is 4.29. The molecular formula is C18H20N6. The fraction of sp³-hybridized carbons (Fsp3) is 0.333. The lowest BCUT2D eigenvalue weighted by Crippen LogP contribution is -2.29. The fourth-order valence-corrected chi connectivity index (χ4v) is 3.10. The molecule has 2 aromatic heterocycles. The average molecular weight is 320 g/mol. The van der Waals surface area contributed by atoms with Crippen LogP contribution in [0.5, 0.6) is 0 Å². The van der Waals surface area contributed by atoms with Crippen molar-refractivity contribution in [3.63, 3.8) is 0 Å². The minimum absolute atomic E-state index is 0.623. The molecule has 0 spiro atoms. The van der Waals surface area contributed by atoms with Gasteiger partial charge in [0, 0.05) is 43.0 Å². The lowest BCUT2D eigenvalue weighted by molar-refractivity contribution is 0.347. The van der Waals surface area contributed by atoms with Crippen LogP contribution in [0.25, 0.3) is 11.4 Å². The third-order valence-corrected chi connectivity index (χ3v) is 4.43. The highest BCUT2D eigenvalue weighted by Gasteiger charge is 2.18. The van der Waals surface area contributed by atoms with Crippen molar-refractivity contribution in [1.29, 1.82) is 0 Å². The Bertz CT molecular complexity index is 781. The number of fused-ring (bicyclic) bond motifs is 1. The lowest BCUT2D eigenvalue weighted by atomic mass is 9.99. The van der Waals surface area contributed by atoms with Crippen LogP contribution in [0.15, 0.2) is 49.1 Å². The summed E-state index contributed by atoms with van der Waals surface area (Å²) in [5, 5.41) is 11.6. The normalized spacial score (nSPS) is 16.8. The van der Waals surface area contributed by atoms with Gasteiger partial charge >= 0.3 is 0 Å². The van der Waals surface area contributed by atoms with Crippen LogP contribution in [-0.2, 0) is 19.5 Å². The van der Waals surface area contributed by atoms with Crippen LogP contribution >= 0.6 is 0 Å². The van der Waals surface area contributed by atoms with Crippen LogP contribution in [0.3, 0.4) is 0 Å². The molecule has 0 amide bonds. The number of rotatable bonds is 5. The first kappa shape index (κ1) is 15.0. The van der Waals surface area contributed by atoms with Crippen molar-refractivity contribution in [2.24, 2.45) is 5.92 Å². The monoisotopic (exact) mass is 320 g/mol. The first-order valence-corrected chi connectivity index (χ1v) is 8.32. The topological polar surface area (TPSA) is 68.5 Å². The molecule has 4 rings (SSSR count). The first-order chi connectivity index (χ1) is 11.9. The van der Waals surface area contributed by atoms with Crippen LogP contribution < -0.4 is 5.32 Å². The second kappa shape index (κ2) is 6.88. The van der Waals surface area contributed by atoms with Gasteiger partial charge in [-0.15, -0.1) is 10.2 Å². The molecule has 3 heterocycles. The number of benzene rings is 1. The molecule has 6 nitrogen and oxygen atoms in total. The number of hydrogen-bond donors (Lipinski definition) is 1. The summed E-state index contributed by atoms with van der Waals surface area (Å²) in [6.07, 6.45) is 7.82. The molecule has 24 heavy (non-hydrogen) atoms. The Hall–Kier alpha value is -2.60. The number of aromatic nitrogens is 5. The summed E-state index contributed by atoms with van der Waals surface area (Å²) in [6, 6.07) is 10.0. The molecular weight excluding hydrogens is 300 g/mol. The van der Waals surface area contributed by atoms with E-state index >= 15 is 0 Å². The molecule has 122 valence electrons. The molecule has 1 atom stereocenters. The van der Waals surface area contributed by atoms with E-state index in [0.29, 0.717) is 5.92 Å². The summed E-state index contributed by atoms with van der Waals surface area (Å²) in [4.78, 5) is 8.93. The van der Waals surface area contributed by atoms with Crippen molar-refractivity contribution in [2.45, 2.75) is 25.9 Å². The van der Waals surface area contributed by atoms with E-state index < -0.39 is 0 Å². The summed E-state index contributed by atoms with van der Waals surface area (Å²) in [5.41, 5.74) is 2.15. The van der Waals surface area contributed by atoms with Gasteiger partial charge in [0.25, 0.3) is 0 Å². The molecule has 1 aromatic carbocycles. The summed E-state index contributed by atoms with van der Waals surface area (Å²) < 4.78 is 2.16. The van der Waals surface area contributed by atoms with Crippen molar-refractivity contribution in [1.82, 2.24) is 30.0 Å². The molecule has 0 saturated heterocycles. The SMILES string of the molecule is c1ccc(-c2ncc(CNC[C@H]3CCc4nncn4C3)cn2)cc1. The van der Waals surface area contributed by atoms with Crippen molar-refractivity contribution < 1.29 is 0 Å². The van der Waals surface area contributed by atoms with Gasteiger partial charge in [0.15, 0.2) is 5.82 Å². The van der Waals surface area contributed by atoms with Crippen LogP contribution in [0.4, 0.5) is 0 Å². The molecule has 3 aromatic rings. The Morgan fingerprint density at radius 3 is 2.79 bits per heavy atom. The number of nitrogens with one attached hydrogen (secondary N) is 1. The predicted molar refractivity (Wildman–Crippen MR) is 91.0 cm³/mol. The van der Waals surface area contributed by atoms with Crippen molar-refractivity contribution in [3.8, 4) is 11.4 Å². The van der Waals surface area contributed by atoms with E-state index in [9.17, 15) is 0 Å². The second-order valence-electron chi connectivity index (χ2n) is 6.22. The summed E-state index contributed by atoms with van der Waals surface area (Å²) in [6.45, 7) is 2.78. The van der Waals surface area contributed by atoms with Gasteiger partial charge in [-0.1, -0.05) is 30.3 Å². The van der Waals surface area contributed by atoms with Gasteiger partial charge in [-0.05, 0) is 18.9 Å². The Morgan fingerprint density at radius 2 is 1.96 bits per heavy atom. The molecule has 0 unspecified atom stereocenters. The molecule has 0 aliphatic carbocycles. The van der Waals surface area contributed by atoms with E-state index in [4.69, 9.17) is 0 Å². The van der Waals surface area contributed by atoms with Gasteiger partial charge in [0.05, 0.1) is 0 Å². The van der Waals surface area contributed by atoms with E-state index in [0.717, 1.165) is 55.3 Å². The van der Waals surface area contributed by atoms with Gasteiger partial charge in [-0.3, -0.25) is 0 Å². The summed E-state index contributed by atoms with van der Waals surface area (Å²) >= 11 is 0. The van der Waals surface area contributed by atoms with Gasteiger partial charge in [-0.25, -0.2) is 9.97 Å². The molecule has 0 fully saturated rings. The Labute approximate surface area is 141 Å². The van der Waals surface area contributed by atoms with E-state index in [1.807, 2.05) is 49.1 Å². The molecule has 6 heteroatoms. The maximum Gasteiger partial charge on any atom is 0.159 e. The molecule has 1 aliphatic heterocycles. The highest BCUT2D eigenvalue weighted by Crippen LogP contribution is 2.17. The maximum absolute atomic E-state index is 4.47. The number of aryl methyl sites for hydroxylation is 1. The molecule has 0 bridgehead atoms. The standard InChI is InChI=1S/C18H20N6/c1-2-4-16(5-3-1)18-20-10-15(11-21-18)9-19-8-14-6-7-17-23-22-13-24(17)12-14/h1-5,10-11,13-14,19H,6-9,12H2/t14-/m1/s1. The zero-order valence-corrected chi connectivity index (χ0v) is 13.5. The van der Waals surface area contributed by atoms with Gasteiger partial charge in [0.1, 0.15) is 12.2 Å². The zero-order chi connectivity index (χ0) is 16.2. The molecule has 1 aliphatic rings. The summed E-state index contributed by atoms with van der Waals surface area (Å²) in [7, 11) is 0. The van der Waals surface area contributed by atoms with Crippen LogP contribution in [0.2, 0.25) is 0 Å². The quantitative estimate of drug-likeness (QED) is 0.779. The molecule has 0 radical (unpaired) electrons. The largest absolute Gasteiger partial charge is 0.317 e. The maximum atomic E-state index is 4.47. The Morgan fingerprint density at radius 1 is 1.12 bits per heavy atom. The minimum atomic E-state index is 0.623. The van der Waals surface area contributed by atoms with Gasteiger partial charge in [-0.2, -0.15) is 0 Å². The smallest absolute Gasteiger partial charge is 0.159 e. The van der Waals surface area contributed by atoms with Crippen LogP contribution in [0, 0.1) is 5.92 Å². The highest BCUT2D eigenvalue weighted by molar-refractivity contribution is 5.53. The Balaban J connectivity index is 1.29. The third-order valence-electron chi connectivity index (χ3n) is 4.43. The predicted octanol–water partition coefficient (Wildman–Crippen LogP) is 2.09. The van der Waals surface area contributed by atoms with Crippen molar-refractivity contribution >= 4 is 0 Å².